The average Bonchev–Trinajstić information content (AvgIpc) is 3.12. The van der Waals surface area contributed by atoms with Crippen molar-refractivity contribution < 1.29 is 9.32 Å². The Morgan fingerprint density at radius 3 is 2.75 bits per heavy atom. The quantitative estimate of drug-likeness (QED) is 0.457. The first-order valence-electron chi connectivity index (χ1n) is 8.13. The lowest BCUT2D eigenvalue weighted by molar-refractivity contribution is 0.102. The number of fused-ring (bicyclic) bond motifs is 1. The Kier molecular flexibility index (Phi) is 4.24. The Labute approximate surface area is 161 Å². The van der Waals surface area contributed by atoms with Gasteiger partial charge in [0.15, 0.2) is 10.6 Å². The van der Waals surface area contributed by atoms with Crippen LogP contribution < -0.4 is 16.6 Å². The fourth-order valence-corrected chi connectivity index (χ4v) is 2.94. The molecule has 0 aliphatic heterocycles. The maximum atomic E-state index is 12.6. The summed E-state index contributed by atoms with van der Waals surface area (Å²) in [7, 11) is 1.58. The van der Waals surface area contributed by atoms with Gasteiger partial charge in [-0.3, -0.25) is 23.7 Å². The fraction of sp³-hybridized carbons (Fsp3) is 0.0556. The van der Waals surface area contributed by atoms with Crippen LogP contribution in [-0.2, 0) is 7.05 Å². The van der Waals surface area contributed by atoms with E-state index < -0.39 is 5.76 Å². The van der Waals surface area contributed by atoms with Gasteiger partial charge in [0.25, 0.3) is 11.5 Å². The van der Waals surface area contributed by atoms with E-state index in [4.69, 9.17) is 12.2 Å². The number of hydrogen-bond donors (Lipinski definition) is 3. The number of benzene rings is 2. The number of aromatic nitrogens is 4. The Balaban J connectivity index is 1.65. The SMILES string of the molecule is Cn1c(=S)[nH]c2cc(C(=O)Nc3cccc(-c4noc(=O)[nH]4)c3)ccc2c1=O. The van der Waals surface area contributed by atoms with Gasteiger partial charge in [0.2, 0.25) is 0 Å². The van der Waals surface area contributed by atoms with Gasteiger partial charge in [0, 0.05) is 23.9 Å². The largest absolute Gasteiger partial charge is 0.439 e. The minimum Gasteiger partial charge on any atom is -0.332 e. The van der Waals surface area contributed by atoms with Crippen molar-refractivity contribution in [2.24, 2.45) is 7.05 Å². The first-order chi connectivity index (χ1) is 13.4. The molecule has 4 rings (SSSR count). The van der Waals surface area contributed by atoms with Crippen LogP contribution >= 0.6 is 12.2 Å². The summed E-state index contributed by atoms with van der Waals surface area (Å²) < 4.78 is 6.09. The molecule has 0 unspecified atom stereocenters. The second kappa shape index (κ2) is 6.74. The second-order valence-corrected chi connectivity index (χ2v) is 6.42. The van der Waals surface area contributed by atoms with E-state index in [2.05, 4.69) is 25.0 Å². The van der Waals surface area contributed by atoms with E-state index in [-0.39, 0.29) is 22.1 Å². The van der Waals surface area contributed by atoms with Crippen LogP contribution in [0.2, 0.25) is 0 Å². The molecule has 0 aliphatic carbocycles. The zero-order chi connectivity index (χ0) is 19.8. The number of carbonyl (C=O) groups is 1. The van der Waals surface area contributed by atoms with Crippen LogP contribution in [0.15, 0.2) is 56.6 Å². The summed E-state index contributed by atoms with van der Waals surface area (Å²) in [6.07, 6.45) is 0. The molecular weight excluding hydrogens is 382 g/mol. The van der Waals surface area contributed by atoms with Gasteiger partial charge in [0.1, 0.15) is 0 Å². The van der Waals surface area contributed by atoms with Crippen molar-refractivity contribution in [1.82, 2.24) is 19.7 Å². The molecule has 0 atom stereocenters. The van der Waals surface area contributed by atoms with E-state index in [1.807, 2.05) is 0 Å². The second-order valence-electron chi connectivity index (χ2n) is 6.03. The number of nitrogens with one attached hydrogen (secondary N) is 3. The Hall–Kier alpha value is -3.79. The summed E-state index contributed by atoms with van der Waals surface area (Å²) in [6.45, 7) is 0. The zero-order valence-corrected chi connectivity index (χ0v) is 15.3. The summed E-state index contributed by atoms with van der Waals surface area (Å²) in [5, 5.41) is 6.82. The monoisotopic (exact) mass is 395 g/mol. The molecule has 140 valence electrons. The molecule has 9 nitrogen and oxygen atoms in total. The highest BCUT2D eigenvalue weighted by Gasteiger charge is 2.11. The predicted molar refractivity (Wildman–Crippen MR) is 105 cm³/mol. The highest BCUT2D eigenvalue weighted by Crippen LogP contribution is 2.19. The lowest BCUT2D eigenvalue weighted by atomic mass is 10.1. The van der Waals surface area contributed by atoms with Gasteiger partial charge in [-0.25, -0.2) is 4.79 Å². The molecule has 3 N–H and O–H groups in total. The van der Waals surface area contributed by atoms with Crippen molar-refractivity contribution >= 4 is 34.7 Å². The molecular formula is C18H13N5O4S. The van der Waals surface area contributed by atoms with Gasteiger partial charge < -0.3 is 10.3 Å². The summed E-state index contributed by atoms with van der Waals surface area (Å²) in [5.74, 6) is -0.771. The number of nitrogens with zero attached hydrogens (tertiary/aromatic N) is 2. The molecule has 10 heteroatoms. The lowest BCUT2D eigenvalue weighted by Gasteiger charge is -2.08. The van der Waals surface area contributed by atoms with Crippen molar-refractivity contribution in [3.63, 3.8) is 0 Å². The van der Waals surface area contributed by atoms with Crippen molar-refractivity contribution in [1.29, 1.82) is 0 Å². The molecule has 0 radical (unpaired) electrons. The van der Waals surface area contributed by atoms with Gasteiger partial charge in [-0.1, -0.05) is 17.3 Å². The van der Waals surface area contributed by atoms with Crippen LogP contribution in [0.1, 0.15) is 10.4 Å². The van der Waals surface area contributed by atoms with Crippen LogP contribution in [-0.4, -0.2) is 25.6 Å². The van der Waals surface area contributed by atoms with Gasteiger partial charge in [-0.15, -0.1) is 0 Å². The van der Waals surface area contributed by atoms with Crippen molar-refractivity contribution in [2.45, 2.75) is 0 Å². The van der Waals surface area contributed by atoms with Crippen molar-refractivity contribution in [3.8, 4) is 11.4 Å². The standard InChI is InChI=1S/C18H13N5O4S/c1-23-16(25)12-6-5-10(8-13(12)20-17(23)28)15(24)19-11-4-2-3-9(7-11)14-21-18(26)27-22-14/h2-8H,1H3,(H,19,24)(H,20,28)(H,21,22,26). The highest BCUT2D eigenvalue weighted by atomic mass is 32.1. The normalized spacial score (nSPS) is 10.9. The maximum absolute atomic E-state index is 12.6. The minimum absolute atomic E-state index is 0.236. The highest BCUT2D eigenvalue weighted by molar-refractivity contribution is 7.71. The van der Waals surface area contributed by atoms with E-state index in [0.29, 0.717) is 27.7 Å². The summed E-state index contributed by atoms with van der Waals surface area (Å²) in [4.78, 5) is 41.3. The van der Waals surface area contributed by atoms with Gasteiger partial charge in [-0.2, -0.15) is 0 Å². The number of amides is 1. The smallest absolute Gasteiger partial charge is 0.332 e. The van der Waals surface area contributed by atoms with Crippen LogP contribution in [0.4, 0.5) is 5.69 Å². The van der Waals surface area contributed by atoms with Gasteiger partial charge in [0.05, 0.1) is 10.9 Å². The molecule has 2 heterocycles. The molecule has 0 aliphatic rings. The molecule has 0 fully saturated rings. The van der Waals surface area contributed by atoms with Crippen molar-refractivity contribution in [3.05, 3.63) is 73.7 Å². The maximum Gasteiger partial charge on any atom is 0.439 e. The van der Waals surface area contributed by atoms with Crippen LogP contribution in [0.3, 0.4) is 0 Å². The Morgan fingerprint density at radius 1 is 1.18 bits per heavy atom. The van der Waals surface area contributed by atoms with E-state index in [1.165, 1.54) is 4.57 Å². The van der Waals surface area contributed by atoms with Crippen molar-refractivity contribution in [2.75, 3.05) is 5.32 Å². The Morgan fingerprint density at radius 2 is 2.00 bits per heavy atom. The van der Waals surface area contributed by atoms with Gasteiger partial charge in [-0.05, 0) is 42.5 Å². The number of H-pyrrole nitrogens is 2. The predicted octanol–water partition coefficient (Wildman–Crippen LogP) is 2.19. The van der Waals surface area contributed by atoms with Gasteiger partial charge >= 0.3 is 5.76 Å². The number of rotatable bonds is 3. The molecule has 2 aromatic heterocycles. The van der Waals surface area contributed by atoms with E-state index >= 15 is 0 Å². The first kappa shape index (κ1) is 17.6. The first-order valence-corrected chi connectivity index (χ1v) is 8.54. The van der Waals surface area contributed by atoms with E-state index in [0.717, 1.165) is 0 Å². The molecule has 2 aromatic carbocycles. The third kappa shape index (κ3) is 3.16. The van der Waals surface area contributed by atoms with Crippen LogP contribution in [0, 0.1) is 4.77 Å². The average molecular weight is 395 g/mol. The third-order valence-corrected chi connectivity index (χ3v) is 4.57. The summed E-state index contributed by atoms with van der Waals surface area (Å²) in [6, 6.07) is 11.5. The minimum atomic E-state index is -0.663. The number of carbonyl (C=O) groups excluding carboxylic acids is 1. The van der Waals surface area contributed by atoms with Crippen LogP contribution in [0.5, 0.6) is 0 Å². The summed E-state index contributed by atoms with van der Waals surface area (Å²) >= 11 is 5.11. The number of aromatic amines is 2. The molecule has 4 aromatic rings. The van der Waals surface area contributed by atoms with Crippen LogP contribution in [0.25, 0.3) is 22.3 Å². The molecule has 0 saturated heterocycles. The molecule has 28 heavy (non-hydrogen) atoms. The fourth-order valence-electron chi connectivity index (χ4n) is 2.75. The molecule has 0 bridgehead atoms. The molecule has 0 spiro atoms. The number of hydrogen-bond acceptors (Lipinski definition) is 6. The van der Waals surface area contributed by atoms with E-state index in [1.54, 1.807) is 49.5 Å². The molecule has 1 amide bonds. The van der Waals surface area contributed by atoms with E-state index in [9.17, 15) is 14.4 Å². The summed E-state index contributed by atoms with van der Waals surface area (Å²) in [5.41, 5.74) is 1.68. The third-order valence-electron chi connectivity index (χ3n) is 4.20. The Bertz CT molecular complexity index is 1400. The number of anilines is 1. The zero-order valence-electron chi connectivity index (χ0n) is 14.5. The molecule has 0 saturated carbocycles. The topological polar surface area (TPSA) is 126 Å². The lowest BCUT2D eigenvalue weighted by Crippen LogP contribution is -2.19.